The summed E-state index contributed by atoms with van der Waals surface area (Å²) < 4.78 is 5.46. The second-order valence-electron chi connectivity index (χ2n) is 6.99. The average Bonchev–Trinajstić information content (AvgIpc) is 2.60. The van der Waals surface area contributed by atoms with Gasteiger partial charge in [-0.25, -0.2) is 0 Å². The quantitative estimate of drug-likeness (QED) is 0.207. The molecule has 0 rings (SSSR count). The molecule has 2 heteroatoms. The van der Waals surface area contributed by atoms with Gasteiger partial charge in [-0.05, 0) is 39.0 Å². The second kappa shape index (κ2) is 20.7. The molecular formula is C22H44O2. The van der Waals surface area contributed by atoms with Crippen molar-refractivity contribution in [2.45, 2.75) is 116 Å². The Kier molecular flexibility index (Phi) is 20.4. The summed E-state index contributed by atoms with van der Waals surface area (Å²) >= 11 is 0. The monoisotopic (exact) mass is 340 g/mol. The van der Waals surface area contributed by atoms with Crippen molar-refractivity contribution < 1.29 is 9.84 Å². The van der Waals surface area contributed by atoms with E-state index in [0.717, 1.165) is 6.42 Å². The molecule has 0 aliphatic carbocycles. The first-order valence-electron chi connectivity index (χ1n) is 10.7. The highest BCUT2D eigenvalue weighted by Crippen LogP contribution is 2.12. The SMILES string of the molecule is CCCCCCCC/C=C\CCCCCCCCC(CO)OCC. The highest BCUT2D eigenvalue weighted by Gasteiger charge is 2.05. The zero-order valence-corrected chi connectivity index (χ0v) is 16.6. The van der Waals surface area contributed by atoms with Crippen LogP contribution in [0.4, 0.5) is 0 Å². The molecule has 0 aromatic rings. The normalized spacial score (nSPS) is 13.0. The molecule has 0 fully saturated rings. The van der Waals surface area contributed by atoms with Crippen LogP contribution >= 0.6 is 0 Å². The largest absolute Gasteiger partial charge is 0.394 e. The topological polar surface area (TPSA) is 29.5 Å². The highest BCUT2D eigenvalue weighted by molar-refractivity contribution is 4.81. The average molecular weight is 341 g/mol. The molecule has 2 nitrogen and oxygen atoms in total. The molecule has 0 aromatic heterocycles. The molecule has 1 N–H and O–H groups in total. The maximum Gasteiger partial charge on any atom is 0.0805 e. The third kappa shape index (κ3) is 18.0. The minimum absolute atomic E-state index is 0.0618. The number of hydrogen-bond acceptors (Lipinski definition) is 2. The van der Waals surface area contributed by atoms with Gasteiger partial charge in [-0.1, -0.05) is 83.3 Å². The number of allylic oxidation sites excluding steroid dienone is 2. The Bertz CT molecular complexity index is 250. The predicted octanol–water partition coefficient (Wildman–Crippen LogP) is 6.81. The van der Waals surface area contributed by atoms with E-state index < -0.39 is 0 Å². The van der Waals surface area contributed by atoms with Crippen molar-refractivity contribution in [3.05, 3.63) is 12.2 Å². The lowest BCUT2D eigenvalue weighted by Gasteiger charge is -2.13. The van der Waals surface area contributed by atoms with Crippen LogP contribution in [0.2, 0.25) is 0 Å². The van der Waals surface area contributed by atoms with Gasteiger partial charge in [0.15, 0.2) is 0 Å². The molecule has 0 saturated carbocycles. The number of ether oxygens (including phenoxy) is 1. The van der Waals surface area contributed by atoms with Gasteiger partial charge in [-0.3, -0.25) is 0 Å². The fourth-order valence-corrected chi connectivity index (χ4v) is 3.08. The standard InChI is InChI=1S/C22H44O2/c1-3-5-6-7-8-9-10-11-12-13-14-15-16-17-18-19-20-22(21-23)24-4-2/h11-12,22-23H,3-10,13-21H2,1-2H3/b12-11-. The van der Waals surface area contributed by atoms with Crippen molar-refractivity contribution in [1.29, 1.82) is 0 Å². The summed E-state index contributed by atoms with van der Waals surface area (Å²) in [6.07, 6.45) is 24.6. The van der Waals surface area contributed by atoms with Crippen LogP contribution in [0.25, 0.3) is 0 Å². The van der Waals surface area contributed by atoms with Crippen LogP contribution in [0.15, 0.2) is 12.2 Å². The molecule has 144 valence electrons. The molecule has 0 heterocycles. The lowest BCUT2D eigenvalue weighted by atomic mass is 10.1. The van der Waals surface area contributed by atoms with Crippen molar-refractivity contribution in [3.63, 3.8) is 0 Å². The van der Waals surface area contributed by atoms with Crippen molar-refractivity contribution in [2.24, 2.45) is 0 Å². The molecule has 24 heavy (non-hydrogen) atoms. The number of rotatable bonds is 19. The molecule has 0 radical (unpaired) electrons. The Morgan fingerprint density at radius 2 is 1.21 bits per heavy atom. The van der Waals surface area contributed by atoms with Gasteiger partial charge in [0.05, 0.1) is 12.7 Å². The van der Waals surface area contributed by atoms with E-state index in [1.54, 1.807) is 0 Å². The highest BCUT2D eigenvalue weighted by atomic mass is 16.5. The van der Waals surface area contributed by atoms with Gasteiger partial charge in [-0.2, -0.15) is 0 Å². The maximum absolute atomic E-state index is 9.15. The molecule has 1 unspecified atom stereocenters. The van der Waals surface area contributed by atoms with Gasteiger partial charge in [-0.15, -0.1) is 0 Å². The van der Waals surface area contributed by atoms with Crippen molar-refractivity contribution in [1.82, 2.24) is 0 Å². The van der Waals surface area contributed by atoms with Gasteiger partial charge >= 0.3 is 0 Å². The Labute approximate surface area is 152 Å². The Morgan fingerprint density at radius 3 is 1.71 bits per heavy atom. The zero-order valence-electron chi connectivity index (χ0n) is 16.6. The van der Waals surface area contributed by atoms with Crippen LogP contribution < -0.4 is 0 Å². The molecule has 0 aliphatic heterocycles. The lowest BCUT2D eigenvalue weighted by molar-refractivity contribution is 0.0136. The van der Waals surface area contributed by atoms with Gasteiger partial charge in [0.25, 0.3) is 0 Å². The summed E-state index contributed by atoms with van der Waals surface area (Å²) in [6, 6.07) is 0. The first kappa shape index (κ1) is 23.7. The lowest BCUT2D eigenvalue weighted by Crippen LogP contribution is -2.17. The number of aliphatic hydroxyl groups is 1. The van der Waals surface area contributed by atoms with E-state index in [1.807, 2.05) is 6.92 Å². The minimum atomic E-state index is 0.0618. The first-order chi connectivity index (χ1) is 11.8. The van der Waals surface area contributed by atoms with Crippen LogP contribution in [-0.4, -0.2) is 24.4 Å². The smallest absolute Gasteiger partial charge is 0.0805 e. The molecular weight excluding hydrogens is 296 g/mol. The summed E-state index contributed by atoms with van der Waals surface area (Å²) in [5, 5.41) is 9.15. The van der Waals surface area contributed by atoms with Gasteiger partial charge in [0.1, 0.15) is 0 Å². The Hall–Kier alpha value is -0.340. The minimum Gasteiger partial charge on any atom is -0.394 e. The summed E-state index contributed by atoms with van der Waals surface area (Å²) in [5.74, 6) is 0. The molecule has 0 aromatic carbocycles. The maximum atomic E-state index is 9.15. The summed E-state index contributed by atoms with van der Waals surface area (Å²) in [5.41, 5.74) is 0. The third-order valence-corrected chi connectivity index (χ3v) is 4.64. The summed E-state index contributed by atoms with van der Waals surface area (Å²) in [6.45, 7) is 5.14. The Morgan fingerprint density at radius 1 is 0.708 bits per heavy atom. The van der Waals surface area contributed by atoms with E-state index in [-0.39, 0.29) is 12.7 Å². The van der Waals surface area contributed by atoms with Crippen molar-refractivity contribution in [2.75, 3.05) is 13.2 Å². The van der Waals surface area contributed by atoms with E-state index in [2.05, 4.69) is 19.1 Å². The van der Waals surface area contributed by atoms with Crippen molar-refractivity contribution >= 4 is 0 Å². The molecule has 0 spiro atoms. The van der Waals surface area contributed by atoms with Crippen LogP contribution in [0, 0.1) is 0 Å². The van der Waals surface area contributed by atoms with Gasteiger partial charge in [0.2, 0.25) is 0 Å². The van der Waals surface area contributed by atoms with Crippen LogP contribution in [0.5, 0.6) is 0 Å². The fourth-order valence-electron chi connectivity index (χ4n) is 3.08. The Balaban J connectivity index is 3.17. The predicted molar refractivity (Wildman–Crippen MR) is 107 cm³/mol. The molecule has 0 bridgehead atoms. The molecule has 0 aliphatic rings. The van der Waals surface area contributed by atoms with E-state index in [0.29, 0.717) is 6.61 Å². The fraction of sp³-hybridized carbons (Fsp3) is 0.909. The van der Waals surface area contributed by atoms with Crippen LogP contribution in [0.3, 0.4) is 0 Å². The first-order valence-corrected chi connectivity index (χ1v) is 10.7. The number of aliphatic hydroxyl groups excluding tert-OH is 1. The third-order valence-electron chi connectivity index (χ3n) is 4.64. The van der Waals surface area contributed by atoms with E-state index >= 15 is 0 Å². The van der Waals surface area contributed by atoms with E-state index in [9.17, 15) is 0 Å². The molecule has 0 saturated heterocycles. The van der Waals surface area contributed by atoms with E-state index in [1.165, 1.54) is 89.9 Å². The molecule has 1 atom stereocenters. The van der Waals surface area contributed by atoms with Gasteiger partial charge < -0.3 is 9.84 Å². The van der Waals surface area contributed by atoms with E-state index in [4.69, 9.17) is 9.84 Å². The summed E-state index contributed by atoms with van der Waals surface area (Å²) in [4.78, 5) is 0. The van der Waals surface area contributed by atoms with Crippen LogP contribution in [0.1, 0.15) is 110 Å². The number of unbranched alkanes of at least 4 members (excludes halogenated alkanes) is 12. The van der Waals surface area contributed by atoms with Gasteiger partial charge in [0, 0.05) is 6.61 Å². The van der Waals surface area contributed by atoms with Crippen LogP contribution in [-0.2, 0) is 4.74 Å². The van der Waals surface area contributed by atoms with Crippen molar-refractivity contribution in [3.8, 4) is 0 Å². The summed E-state index contributed by atoms with van der Waals surface area (Å²) in [7, 11) is 0. The zero-order chi connectivity index (χ0) is 17.7. The molecule has 0 amide bonds. The number of hydrogen-bond donors (Lipinski definition) is 1. The second-order valence-corrected chi connectivity index (χ2v) is 6.99.